The second-order valence-electron chi connectivity index (χ2n) is 6.69. The van der Waals surface area contributed by atoms with E-state index in [4.69, 9.17) is 11.6 Å². The number of hydrogen-bond acceptors (Lipinski definition) is 4. The van der Waals surface area contributed by atoms with Crippen LogP contribution in [0.5, 0.6) is 0 Å². The number of anilines is 1. The summed E-state index contributed by atoms with van der Waals surface area (Å²) in [6.07, 6.45) is 2.47. The van der Waals surface area contributed by atoms with E-state index in [1.807, 2.05) is 13.0 Å². The van der Waals surface area contributed by atoms with Crippen molar-refractivity contribution in [3.05, 3.63) is 28.8 Å². The largest absolute Gasteiger partial charge is 0.346 e. The molecule has 0 aliphatic carbocycles. The molecule has 1 heterocycles. The molecule has 1 aliphatic heterocycles. The Hall–Kier alpha value is -1.64. The standard InChI is InChI=1S/C18H26ClN3O4S/c1-3-10-27(25,26)22-9-5-4-6-16(22)18(24)20-12-17(23)21-15-8-7-13(2)11-14(15)19/h7-8,11,16H,3-6,9-10,12H2,1-2H3,(H,20,24)(H,21,23). The molecule has 0 aromatic heterocycles. The zero-order chi connectivity index (χ0) is 20.0. The average Bonchev–Trinajstić information content (AvgIpc) is 2.62. The summed E-state index contributed by atoms with van der Waals surface area (Å²) < 4.78 is 26.1. The van der Waals surface area contributed by atoms with Crippen LogP contribution in [0, 0.1) is 6.92 Å². The summed E-state index contributed by atoms with van der Waals surface area (Å²) in [6, 6.07) is 4.48. The van der Waals surface area contributed by atoms with Crippen LogP contribution in [0.3, 0.4) is 0 Å². The molecule has 0 saturated carbocycles. The number of rotatable bonds is 7. The van der Waals surface area contributed by atoms with E-state index in [1.54, 1.807) is 19.1 Å². The number of carbonyl (C=O) groups excluding carboxylic acids is 2. The van der Waals surface area contributed by atoms with Crippen molar-refractivity contribution in [2.45, 2.75) is 45.6 Å². The van der Waals surface area contributed by atoms with Gasteiger partial charge in [-0.3, -0.25) is 9.59 Å². The number of benzene rings is 1. The maximum atomic E-state index is 12.5. The number of carbonyl (C=O) groups is 2. The molecular weight excluding hydrogens is 390 g/mol. The van der Waals surface area contributed by atoms with E-state index in [0.29, 0.717) is 30.1 Å². The highest BCUT2D eigenvalue weighted by atomic mass is 35.5. The van der Waals surface area contributed by atoms with Crippen LogP contribution in [-0.2, 0) is 19.6 Å². The lowest BCUT2D eigenvalue weighted by Crippen LogP contribution is -2.53. The van der Waals surface area contributed by atoms with Crippen LogP contribution in [0.1, 0.15) is 38.2 Å². The second-order valence-corrected chi connectivity index (χ2v) is 9.14. The van der Waals surface area contributed by atoms with Crippen LogP contribution in [-0.4, -0.2) is 49.4 Å². The minimum Gasteiger partial charge on any atom is -0.346 e. The quantitative estimate of drug-likeness (QED) is 0.714. The Balaban J connectivity index is 1.95. The number of aryl methyl sites for hydroxylation is 1. The first-order chi connectivity index (χ1) is 12.7. The van der Waals surface area contributed by atoms with Crippen molar-refractivity contribution in [3.8, 4) is 0 Å². The van der Waals surface area contributed by atoms with E-state index in [0.717, 1.165) is 18.4 Å². The molecule has 9 heteroatoms. The summed E-state index contributed by atoms with van der Waals surface area (Å²) >= 11 is 6.08. The highest BCUT2D eigenvalue weighted by molar-refractivity contribution is 7.89. The second kappa shape index (κ2) is 9.52. The van der Waals surface area contributed by atoms with Gasteiger partial charge in [-0.15, -0.1) is 0 Å². The zero-order valence-electron chi connectivity index (χ0n) is 15.6. The van der Waals surface area contributed by atoms with E-state index < -0.39 is 27.9 Å². The fourth-order valence-electron chi connectivity index (χ4n) is 3.08. The van der Waals surface area contributed by atoms with Gasteiger partial charge in [0.05, 0.1) is 23.0 Å². The highest BCUT2D eigenvalue weighted by Gasteiger charge is 2.36. The summed E-state index contributed by atoms with van der Waals surface area (Å²) in [4.78, 5) is 24.6. The maximum absolute atomic E-state index is 12.5. The van der Waals surface area contributed by atoms with Crippen LogP contribution in [0.4, 0.5) is 5.69 Å². The Morgan fingerprint density at radius 1 is 1.30 bits per heavy atom. The third-order valence-corrected chi connectivity index (χ3v) is 6.79. The van der Waals surface area contributed by atoms with Crippen molar-refractivity contribution < 1.29 is 18.0 Å². The number of amides is 2. The van der Waals surface area contributed by atoms with Crippen LogP contribution in [0.2, 0.25) is 5.02 Å². The van der Waals surface area contributed by atoms with Gasteiger partial charge in [0.2, 0.25) is 21.8 Å². The Kier molecular flexibility index (Phi) is 7.64. The summed E-state index contributed by atoms with van der Waals surface area (Å²) in [7, 11) is -3.47. The Bertz CT molecular complexity index is 798. The molecule has 1 fully saturated rings. The molecule has 1 saturated heterocycles. The molecule has 1 aromatic carbocycles. The molecular formula is C18H26ClN3O4S. The van der Waals surface area contributed by atoms with Gasteiger partial charge in [0, 0.05) is 6.54 Å². The highest BCUT2D eigenvalue weighted by Crippen LogP contribution is 2.23. The molecule has 1 unspecified atom stereocenters. The number of piperidine rings is 1. The number of sulfonamides is 1. The molecule has 2 N–H and O–H groups in total. The lowest BCUT2D eigenvalue weighted by atomic mass is 10.0. The first-order valence-electron chi connectivity index (χ1n) is 9.08. The minimum atomic E-state index is -3.47. The fraction of sp³-hybridized carbons (Fsp3) is 0.556. The normalized spacial score (nSPS) is 18.1. The first kappa shape index (κ1) is 21.7. The molecule has 2 rings (SSSR count). The monoisotopic (exact) mass is 415 g/mol. The summed E-state index contributed by atoms with van der Waals surface area (Å²) in [5.74, 6) is -0.851. The van der Waals surface area contributed by atoms with E-state index in [1.165, 1.54) is 4.31 Å². The molecule has 0 spiro atoms. The van der Waals surface area contributed by atoms with Gasteiger partial charge in [-0.2, -0.15) is 4.31 Å². The molecule has 27 heavy (non-hydrogen) atoms. The number of nitrogens with zero attached hydrogens (tertiary/aromatic N) is 1. The van der Waals surface area contributed by atoms with Crippen molar-refractivity contribution in [1.82, 2.24) is 9.62 Å². The molecule has 7 nitrogen and oxygen atoms in total. The maximum Gasteiger partial charge on any atom is 0.243 e. The Morgan fingerprint density at radius 2 is 2.04 bits per heavy atom. The van der Waals surface area contributed by atoms with E-state index >= 15 is 0 Å². The van der Waals surface area contributed by atoms with Crippen LogP contribution >= 0.6 is 11.6 Å². The number of hydrogen-bond donors (Lipinski definition) is 2. The molecule has 1 aliphatic rings. The van der Waals surface area contributed by atoms with Gasteiger partial charge < -0.3 is 10.6 Å². The van der Waals surface area contributed by atoms with Crippen molar-refractivity contribution in [1.29, 1.82) is 0 Å². The predicted octanol–water partition coefficient (Wildman–Crippen LogP) is 2.30. The number of nitrogens with one attached hydrogen (secondary N) is 2. The third-order valence-electron chi connectivity index (χ3n) is 4.40. The molecule has 150 valence electrons. The van der Waals surface area contributed by atoms with Crippen LogP contribution < -0.4 is 10.6 Å². The molecule has 2 amide bonds. The van der Waals surface area contributed by atoms with Gasteiger partial charge >= 0.3 is 0 Å². The van der Waals surface area contributed by atoms with Crippen molar-refractivity contribution >= 4 is 39.1 Å². The summed E-state index contributed by atoms with van der Waals surface area (Å²) in [5, 5.41) is 5.60. The summed E-state index contributed by atoms with van der Waals surface area (Å²) in [6.45, 7) is 3.77. The molecule has 0 bridgehead atoms. The Labute approximate surface area is 165 Å². The topological polar surface area (TPSA) is 95.6 Å². The lowest BCUT2D eigenvalue weighted by molar-refractivity contribution is -0.127. The first-order valence-corrected chi connectivity index (χ1v) is 11.1. The Morgan fingerprint density at radius 3 is 2.70 bits per heavy atom. The van der Waals surface area contributed by atoms with Gasteiger partial charge in [-0.25, -0.2) is 8.42 Å². The lowest BCUT2D eigenvalue weighted by Gasteiger charge is -2.33. The summed E-state index contributed by atoms with van der Waals surface area (Å²) in [5.41, 5.74) is 1.43. The van der Waals surface area contributed by atoms with Crippen LogP contribution in [0.25, 0.3) is 0 Å². The molecule has 1 atom stereocenters. The predicted molar refractivity (Wildman–Crippen MR) is 106 cm³/mol. The minimum absolute atomic E-state index is 0.0171. The smallest absolute Gasteiger partial charge is 0.243 e. The van der Waals surface area contributed by atoms with E-state index in [9.17, 15) is 18.0 Å². The molecule has 1 aromatic rings. The molecule has 0 radical (unpaired) electrons. The number of halogens is 1. The fourth-order valence-corrected chi connectivity index (χ4v) is 5.11. The van der Waals surface area contributed by atoms with Gasteiger partial charge in [-0.05, 0) is 43.9 Å². The zero-order valence-corrected chi connectivity index (χ0v) is 17.2. The third kappa shape index (κ3) is 5.92. The van der Waals surface area contributed by atoms with E-state index in [-0.39, 0.29) is 12.3 Å². The van der Waals surface area contributed by atoms with Gasteiger partial charge in [0.15, 0.2) is 0 Å². The SMILES string of the molecule is CCCS(=O)(=O)N1CCCCC1C(=O)NCC(=O)Nc1ccc(C)cc1Cl. The van der Waals surface area contributed by atoms with Gasteiger partial charge in [-0.1, -0.05) is 31.0 Å². The van der Waals surface area contributed by atoms with E-state index in [2.05, 4.69) is 10.6 Å². The van der Waals surface area contributed by atoms with Crippen LogP contribution in [0.15, 0.2) is 18.2 Å². The van der Waals surface area contributed by atoms with Gasteiger partial charge in [0.25, 0.3) is 0 Å². The van der Waals surface area contributed by atoms with Gasteiger partial charge in [0.1, 0.15) is 6.04 Å². The van der Waals surface area contributed by atoms with Crippen molar-refractivity contribution in [3.63, 3.8) is 0 Å². The van der Waals surface area contributed by atoms with Crippen molar-refractivity contribution in [2.24, 2.45) is 0 Å². The average molecular weight is 416 g/mol. The van der Waals surface area contributed by atoms with Crippen molar-refractivity contribution in [2.75, 3.05) is 24.2 Å².